The van der Waals surface area contributed by atoms with Gasteiger partial charge in [0.1, 0.15) is 7.11 Å². The van der Waals surface area contributed by atoms with Crippen LogP contribution in [0.2, 0.25) is 0 Å². The average Bonchev–Trinajstić information content (AvgIpc) is 2.56. The van der Waals surface area contributed by atoms with Crippen molar-refractivity contribution < 1.29 is 4.84 Å². The Labute approximate surface area is 125 Å². The molecule has 0 radical (unpaired) electrons. The van der Waals surface area contributed by atoms with Crippen LogP contribution in [0.1, 0.15) is 36.1 Å². The number of nitrogens with one attached hydrogen (secondary N) is 1. The van der Waals surface area contributed by atoms with E-state index in [1.807, 2.05) is 12.1 Å². The second kappa shape index (κ2) is 6.55. The smallest absolute Gasteiger partial charge is 0.106 e. The van der Waals surface area contributed by atoms with E-state index in [1.54, 1.807) is 7.11 Å². The molecule has 1 heterocycles. The molecule has 3 rings (SSSR count). The molecule has 1 N–H and O–H groups in total. The molecule has 1 aliphatic rings. The van der Waals surface area contributed by atoms with Gasteiger partial charge in [-0.2, -0.15) is 0 Å². The maximum atomic E-state index is 5.01. The Morgan fingerprint density at radius 3 is 1.76 bits per heavy atom. The second-order valence-electron chi connectivity index (χ2n) is 5.34. The summed E-state index contributed by atoms with van der Waals surface area (Å²) in [6, 6.07) is 21.6. The highest BCUT2D eigenvalue weighted by atomic mass is 16.6. The fourth-order valence-electron chi connectivity index (χ4n) is 2.92. The van der Waals surface area contributed by atoms with Crippen molar-refractivity contribution in [1.29, 1.82) is 0 Å². The lowest BCUT2D eigenvalue weighted by Crippen LogP contribution is -2.35. The fraction of sp³-hybridized carbons (Fsp3) is 0.278. The number of rotatable bonds is 3. The lowest BCUT2D eigenvalue weighted by atomic mass is 9.89. The van der Waals surface area contributed by atoms with Crippen molar-refractivity contribution in [2.75, 3.05) is 7.11 Å². The molecule has 21 heavy (non-hydrogen) atoms. The van der Waals surface area contributed by atoms with Gasteiger partial charge in [0, 0.05) is 24.9 Å². The van der Waals surface area contributed by atoms with E-state index in [0.717, 1.165) is 18.6 Å². The van der Waals surface area contributed by atoms with Crippen LogP contribution >= 0.6 is 0 Å². The Hall–Kier alpha value is -2.13. The number of oxime groups is 1. The summed E-state index contributed by atoms with van der Waals surface area (Å²) in [7, 11) is 1.62. The molecule has 0 bridgehead atoms. The molecule has 3 nitrogen and oxygen atoms in total. The lowest BCUT2D eigenvalue weighted by Gasteiger charge is -2.32. The van der Waals surface area contributed by atoms with Gasteiger partial charge >= 0.3 is 0 Å². The molecule has 1 aliphatic heterocycles. The minimum atomic E-state index is 0.277. The van der Waals surface area contributed by atoms with Crippen molar-refractivity contribution in [3.63, 3.8) is 0 Å². The van der Waals surface area contributed by atoms with Crippen molar-refractivity contribution in [2.45, 2.75) is 24.9 Å². The number of nitrogens with zero attached hydrogens (tertiary/aromatic N) is 1. The van der Waals surface area contributed by atoms with Crippen LogP contribution in [0.4, 0.5) is 0 Å². The van der Waals surface area contributed by atoms with Gasteiger partial charge in [-0.15, -0.1) is 0 Å². The standard InChI is InChI=1S/C18H20N2O/c1-21-20-16-12-17(14-8-4-2-5-9-14)19-18(13-16)15-10-6-3-7-11-15/h2-11,17-19H,12-13H2,1H3/t17-,18+. The van der Waals surface area contributed by atoms with E-state index in [-0.39, 0.29) is 12.1 Å². The minimum absolute atomic E-state index is 0.277. The van der Waals surface area contributed by atoms with E-state index >= 15 is 0 Å². The molecular weight excluding hydrogens is 260 g/mol. The highest BCUT2D eigenvalue weighted by molar-refractivity contribution is 5.86. The molecule has 0 unspecified atom stereocenters. The number of benzene rings is 2. The predicted molar refractivity (Wildman–Crippen MR) is 85.2 cm³/mol. The summed E-state index contributed by atoms with van der Waals surface area (Å²) in [6.45, 7) is 0. The Morgan fingerprint density at radius 2 is 1.33 bits per heavy atom. The average molecular weight is 280 g/mol. The quantitative estimate of drug-likeness (QED) is 0.866. The molecule has 0 aromatic heterocycles. The van der Waals surface area contributed by atoms with E-state index in [4.69, 9.17) is 4.84 Å². The van der Waals surface area contributed by atoms with Gasteiger partial charge < -0.3 is 10.2 Å². The first-order valence-electron chi connectivity index (χ1n) is 7.31. The first-order valence-corrected chi connectivity index (χ1v) is 7.31. The zero-order chi connectivity index (χ0) is 14.5. The van der Waals surface area contributed by atoms with Crippen LogP contribution < -0.4 is 5.32 Å². The largest absolute Gasteiger partial charge is 0.399 e. The van der Waals surface area contributed by atoms with Gasteiger partial charge in [0.15, 0.2) is 0 Å². The van der Waals surface area contributed by atoms with Crippen LogP contribution in [-0.2, 0) is 4.84 Å². The van der Waals surface area contributed by atoms with Crippen LogP contribution in [0, 0.1) is 0 Å². The van der Waals surface area contributed by atoms with E-state index in [1.165, 1.54) is 11.1 Å². The van der Waals surface area contributed by atoms with Crippen LogP contribution in [0.3, 0.4) is 0 Å². The van der Waals surface area contributed by atoms with Crippen LogP contribution in [0.15, 0.2) is 65.8 Å². The molecular formula is C18H20N2O. The maximum absolute atomic E-state index is 5.01. The van der Waals surface area contributed by atoms with Crippen LogP contribution in [0.25, 0.3) is 0 Å². The SMILES string of the molecule is CON=C1C[C@@H](c2ccccc2)N[C@@H](c2ccccc2)C1. The zero-order valence-electron chi connectivity index (χ0n) is 12.2. The summed E-state index contributed by atoms with van der Waals surface area (Å²) in [5.41, 5.74) is 3.70. The van der Waals surface area contributed by atoms with Gasteiger partial charge in [0.2, 0.25) is 0 Å². The van der Waals surface area contributed by atoms with E-state index in [9.17, 15) is 0 Å². The highest BCUT2D eigenvalue weighted by Gasteiger charge is 2.27. The third-order valence-corrected chi connectivity index (χ3v) is 3.91. The Kier molecular flexibility index (Phi) is 4.31. The number of piperidine rings is 1. The molecule has 108 valence electrons. The summed E-state index contributed by atoms with van der Waals surface area (Å²) >= 11 is 0. The van der Waals surface area contributed by atoms with Crippen LogP contribution in [-0.4, -0.2) is 12.8 Å². The monoisotopic (exact) mass is 280 g/mol. The topological polar surface area (TPSA) is 33.6 Å². The highest BCUT2D eigenvalue weighted by Crippen LogP contribution is 2.31. The Morgan fingerprint density at radius 1 is 0.857 bits per heavy atom. The maximum Gasteiger partial charge on any atom is 0.106 e. The van der Waals surface area contributed by atoms with Crippen LogP contribution in [0.5, 0.6) is 0 Å². The van der Waals surface area contributed by atoms with E-state index < -0.39 is 0 Å². The predicted octanol–water partition coefficient (Wildman–Crippen LogP) is 3.85. The van der Waals surface area contributed by atoms with Gasteiger partial charge in [0.25, 0.3) is 0 Å². The molecule has 3 heteroatoms. The summed E-state index contributed by atoms with van der Waals surface area (Å²) < 4.78 is 0. The zero-order valence-corrected chi connectivity index (χ0v) is 12.2. The fourth-order valence-corrected chi connectivity index (χ4v) is 2.92. The van der Waals surface area contributed by atoms with E-state index in [0.29, 0.717) is 0 Å². The minimum Gasteiger partial charge on any atom is -0.399 e. The van der Waals surface area contributed by atoms with Gasteiger partial charge in [-0.1, -0.05) is 65.8 Å². The third-order valence-electron chi connectivity index (χ3n) is 3.91. The summed E-state index contributed by atoms with van der Waals surface area (Å²) in [4.78, 5) is 5.01. The van der Waals surface area contributed by atoms with Gasteiger partial charge in [-0.05, 0) is 11.1 Å². The third kappa shape index (κ3) is 3.31. The van der Waals surface area contributed by atoms with Gasteiger partial charge in [0.05, 0.1) is 5.71 Å². The van der Waals surface area contributed by atoms with Crippen molar-refractivity contribution in [1.82, 2.24) is 5.32 Å². The summed E-state index contributed by atoms with van der Waals surface area (Å²) in [5.74, 6) is 0. The summed E-state index contributed by atoms with van der Waals surface area (Å²) in [6.07, 6.45) is 1.78. The van der Waals surface area contributed by atoms with Gasteiger partial charge in [-0.3, -0.25) is 0 Å². The first-order chi connectivity index (χ1) is 10.4. The molecule has 0 spiro atoms. The van der Waals surface area contributed by atoms with Crippen molar-refractivity contribution in [3.05, 3.63) is 71.8 Å². The Bertz CT molecular complexity index is 546. The van der Waals surface area contributed by atoms with Crippen molar-refractivity contribution in [2.24, 2.45) is 5.16 Å². The normalized spacial score (nSPS) is 24.0. The number of hydrogen-bond acceptors (Lipinski definition) is 3. The molecule has 1 saturated heterocycles. The van der Waals surface area contributed by atoms with Crippen molar-refractivity contribution in [3.8, 4) is 0 Å². The lowest BCUT2D eigenvalue weighted by molar-refractivity contribution is 0.209. The molecule has 1 fully saturated rings. The second-order valence-corrected chi connectivity index (χ2v) is 5.34. The summed E-state index contributed by atoms with van der Waals surface area (Å²) in [5, 5.41) is 7.95. The molecule has 2 aromatic rings. The van der Waals surface area contributed by atoms with Gasteiger partial charge in [-0.25, -0.2) is 0 Å². The Balaban J connectivity index is 1.87. The van der Waals surface area contributed by atoms with Crippen molar-refractivity contribution >= 4 is 5.71 Å². The number of hydrogen-bond donors (Lipinski definition) is 1. The van der Waals surface area contributed by atoms with E-state index in [2.05, 4.69) is 59.0 Å². The molecule has 0 aliphatic carbocycles. The molecule has 0 saturated carbocycles. The molecule has 0 amide bonds. The first kappa shape index (κ1) is 13.8. The molecule has 2 atom stereocenters. The molecule has 2 aromatic carbocycles.